The van der Waals surface area contributed by atoms with Crippen molar-refractivity contribution in [3.8, 4) is 0 Å². The number of unbranched alkanes of at least 4 members (excludes halogenated alkanes) is 12. The quantitative estimate of drug-likeness (QED) is 0.113. The number of rotatable bonds is 25. The molecule has 0 spiro atoms. The highest BCUT2D eigenvalue weighted by atomic mass is 16.5. The lowest BCUT2D eigenvalue weighted by molar-refractivity contribution is -0.150. The Morgan fingerprint density at radius 1 is 0.618 bits per heavy atom. The lowest BCUT2D eigenvalue weighted by Crippen LogP contribution is -2.20. The molecule has 0 aromatic carbocycles. The molecule has 0 bridgehead atoms. The number of aliphatic hydroxyl groups excluding tert-OH is 2. The average Bonchev–Trinajstić information content (AvgIpc) is 2.83. The van der Waals surface area contributed by atoms with Crippen molar-refractivity contribution in [2.24, 2.45) is 5.92 Å². The van der Waals surface area contributed by atoms with Crippen molar-refractivity contribution in [1.29, 1.82) is 0 Å². The fraction of sp³-hybridized carbons (Fsp3) is 0.929. The summed E-state index contributed by atoms with van der Waals surface area (Å²) in [6.45, 7) is 4.09. The zero-order chi connectivity index (χ0) is 25.3. The third-order valence-electron chi connectivity index (χ3n) is 6.32. The third kappa shape index (κ3) is 21.4. The standard InChI is InChI=1S/C28H54O6/c1-3-5-7-9-11-14-18-26(19-15-12-10-8-6-4-2)34-28(32)21-17-13-16-20-27(31)33-24-25(22-29)23-30/h25-26,29-30H,3-24H2,1-2H3. The maximum atomic E-state index is 12.4. The smallest absolute Gasteiger partial charge is 0.306 e. The molecule has 6 nitrogen and oxygen atoms in total. The van der Waals surface area contributed by atoms with Gasteiger partial charge in [-0.2, -0.15) is 0 Å². The van der Waals surface area contributed by atoms with Crippen molar-refractivity contribution < 1.29 is 29.3 Å². The molecule has 0 aromatic heterocycles. The Kier molecular flexibility index (Phi) is 24.1. The van der Waals surface area contributed by atoms with E-state index in [0.29, 0.717) is 19.3 Å². The van der Waals surface area contributed by atoms with Crippen LogP contribution in [0.4, 0.5) is 0 Å². The molecule has 0 fully saturated rings. The van der Waals surface area contributed by atoms with Gasteiger partial charge in [0.2, 0.25) is 0 Å². The van der Waals surface area contributed by atoms with Gasteiger partial charge in [0, 0.05) is 18.8 Å². The molecule has 0 atom stereocenters. The van der Waals surface area contributed by atoms with E-state index in [2.05, 4.69) is 13.8 Å². The van der Waals surface area contributed by atoms with Crippen LogP contribution in [0.25, 0.3) is 0 Å². The molecule has 2 N–H and O–H groups in total. The Morgan fingerprint density at radius 2 is 1.06 bits per heavy atom. The molecule has 0 radical (unpaired) electrons. The monoisotopic (exact) mass is 486 g/mol. The summed E-state index contributed by atoms with van der Waals surface area (Å²) < 4.78 is 10.9. The van der Waals surface area contributed by atoms with Gasteiger partial charge in [-0.25, -0.2) is 0 Å². The number of hydrogen-bond acceptors (Lipinski definition) is 6. The second-order valence-electron chi connectivity index (χ2n) is 9.70. The molecule has 0 saturated carbocycles. The number of esters is 2. The van der Waals surface area contributed by atoms with Crippen molar-refractivity contribution in [3.63, 3.8) is 0 Å². The second-order valence-corrected chi connectivity index (χ2v) is 9.70. The number of carbonyl (C=O) groups excluding carboxylic acids is 2. The van der Waals surface area contributed by atoms with Gasteiger partial charge in [-0.05, 0) is 38.5 Å². The molecule has 0 aliphatic heterocycles. The molecule has 0 unspecified atom stereocenters. The van der Waals surface area contributed by atoms with Gasteiger partial charge in [-0.15, -0.1) is 0 Å². The van der Waals surface area contributed by atoms with Crippen LogP contribution in [0.5, 0.6) is 0 Å². The zero-order valence-corrected chi connectivity index (χ0v) is 22.2. The van der Waals surface area contributed by atoms with Crippen molar-refractivity contribution >= 4 is 11.9 Å². The second kappa shape index (κ2) is 25.0. The summed E-state index contributed by atoms with van der Waals surface area (Å²) in [6.07, 6.45) is 19.8. The van der Waals surface area contributed by atoms with Crippen molar-refractivity contribution in [1.82, 2.24) is 0 Å². The molecular formula is C28H54O6. The van der Waals surface area contributed by atoms with Gasteiger partial charge < -0.3 is 19.7 Å². The molecule has 0 saturated heterocycles. The van der Waals surface area contributed by atoms with E-state index in [1.54, 1.807) is 0 Å². The van der Waals surface area contributed by atoms with Gasteiger partial charge in [0.25, 0.3) is 0 Å². The first-order chi connectivity index (χ1) is 16.6. The Morgan fingerprint density at radius 3 is 1.56 bits per heavy atom. The van der Waals surface area contributed by atoms with Crippen LogP contribution in [0, 0.1) is 5.92 Å². The number of aliphatic hydroxyl groups is 2. The van der Waals surface area contributed by atoms with Crippen LogP contribution in [0.3, 0.4) is 0 Å². The van der Waals surface area contributed by atoms with E-state index >= 15 is 0 Å². The van der Waals surface area contributed by atoms with Gasteiger partial charge in [-0.1, -0.05) is 84.5 Å². The van der Waals surface area contributed by atoms with Crippen LogP contribution < -0.4 is 0 Å². The molecule has 0 rings (SSSR count). The van der Waals surface area contributed by atoms with Gasteiger partial charge in [0.1, 0.15) is 6.10 Å². The number of carbonyl (C=O) groups is 2. The average molecular weight is 487 g/mol. The van der Waals surface area contributed by atoms with Crippen LogP contribution >= 0.6 is 0 Å². The molecule has 34 heavy (non-hydrogen) atoms. The Hall–Kier alpha value is -1.14. The topological polar surface area (TPSA) is 93.1 Å². The van der Waals surface area contributed by atoms with E-state index in [-0.39, 0.29) is 44.3 Å². The summed E-state index contributed by atoms with van der Waals surface area (Å²) in [5.74, 6) is -0.856. The molecule has 6 heteroatoms. The third-order valence-corrected chi connectivity index (χ3v) is 6.32. The molecule has 0 heterocycles. The molecule has 0 aliphatic carbocycles. The van der Waals surface area contributed by atoms with E-state index in [1.807, 2.05) is 0 Å². The van der Waals surface area contributed by atoms with Crippen LogP contribution in [0.15, 0.2) is 0 Å². The minimum atomic E-state index is -0.417. The molecule has 0 amide bonds. The zero-order valence-electron chi connectivity index (χ0n) is 22.2. The molecular weight excluding hydrogens is 432 g/mol. The number of hydrogen-bond donors (Lipinski definition) is 2. The maximum Gasteiger partial charge on any atom is 0.306 e. The predicted octanol–water partition coefficient (Wildman–Crippen LogP) is 6.49. The van der Waals surface area contributed by atoms with E-state index in [9.17, 15) is 9.59 Å². The first-order valence-electron chi connectivity index (χ1n) is 14.1. The minimum Gasteiger partial charge on any atom is -0.465 e. The first kappa shape index (κ1) is 32.9. The van der Waals surface area contributed by atoms with Crippen LogP contribution in [0.2, 0.25) is 0 Å². The molecule has 202 valence electrons. The van der Waals surface area contributed by atoms with Gasteiger partial charge in [0.15, 0.2) is 0 Å². The van der Waals surface area contributed by atoms with Gasteiger partial charge >= 0.3 is 11.9 Å². The lowest BCUT2D eigenvalue weighted by Gasteiger charge is -2.18. The number of ether oxygens (including phenoxy) is 2. The fourth-order valence-corrected chi connectivity index (χ4v) is 3.97. The van der Waals surface area contributed by atoms with Crippen molar-refractivity contribution in [2.75, 3.05) is 19.8 Å². The highest BCUT2D eigenvalue weighted by Gasteiger charge is 2.15. The van der Waals surface area contributed by atoms with E-state index < -0.39 is 5.92 Å². The van der Waals surface area contributed by atoms with Crippen LogP contribution in [-0.4, -0.2) is 48.1 Å². The van der Waals surface area contributed by atoms with E-state index in [4.69, 9.17) is 19.7 Å². The van der Waals surface area contributed by atoms with Gasteiger partial charge in [0.05, 0.1) is 19.8 Å². The predicted molar refractivity (Wildman–Crippen MR) is 138 cm³/mol. The maximum absolute atomic E-state index is 12.4. The summed E-state index contributed by atoms with van der Waals surface area (Å²) in [5, 5.41) is 18.0. The van der Waals surface area contributed by atoms with Crippen LogP contribution in [0.1, 0.15) is 136 Å². The van der Waals surface area contributed by atoms with E-state index in [0.717, 1.165) is 32.1 Å². The van der Waals surface area contributed by atoms with Crippen molar-refractivity contribution in [2.45, 2.75) is 142 Å². The molecule has 0 aliphatic rings. The summed E-state index contributed by atoms with van der Waals surface area (Å²) in [4.78, 5) is 24.1. The fourth-order valence-electron chi connectivity index (χ4n) is 3.97. The minimum absolute atomic E-state index is 0.0384. The lowest BCUT2D eigenvalue weighted by atomic mass is 10.0. The largest absolute Gasteiger partial charge is 0.465 e. The first-order valence-corrected chi connectivity index (χ1v) is 14.1. The summed E-state index contributed by atoms with van der Waals surface area (Å²) in [5.41, 5.74) is 0. The Labute approximate surface area is 209 Å². The van der Waals surface area contributed by atoms with Crippen LogP contribution in [-0.2, 0) is 19.1 Å². The highest BCUT2D eigenvalue weighted by molar-refractivity contribution is 5.70. The van der Waals surface area contributed by atoms with E-state index in [1.165, 1.54) is 64.2 Å². The summed E-state index contributed by atoms with van der Waals surface area (Å²) in [6, 6.07) is 0. The Balaban J connectivity index is 4.09. The molecule has 0 aromatic rings. The van der Waals surface area contributed by atoms with Gasteiger partial charge in [-0.3, -0.25) is 9.59 Å². The Bertz CT molecular complexity index is 448. The summed E-state index contributed by atoms with van der Waals surface area (Å²) in [7, 11) is 0. The SMILES string of the molecule is CCCCCCCCC(CCCCCCCC)OC(=O)CCCCCC(=O)OCC(CO)CO. The summed E-state index contributed by atoms with van der Waals surface area (Å²) >= 11 is 0. The normalized spacial score (nSPS) is 11.4. The highest BCUT2D eigenvalue weighted by Crippen LogP contribution is 2.18. The van der Waals surface area contributed by atoms with Crippen molar-refractivity contribution in [3.05, 3.63) is 0 Å².